The van der Waals surface area contributed by atoms with Crippen molar-refractivity contribution in [3.8, 4) is 5.75 Å². The van der Waals surface area contributed by atoms with Crippen molar-refractivity contribution in [2.45, 2.75) is 62.9 Å². The van der Waals surface area contributed by atoms with E-state index in [1.807, 2.05) is 25.3 Å². The first kappa shape index (κ1) is 35.3. The van der Waals surface area contributed by atoms with Crippen LogP contribution in [0.25, 0.3) is 10.9 Å². The maximum Gasteiger partial charge on any atom is 0.317 e. The number of methoxy groups -OCH3 is 1. The van der Waals surface area contributed by atoms with Crippen LogP contribution in [0.4, 0.5) is 4.79 Å². The van der Waals surface area contributed by atoms with E-state index in [1.54, 1.807) is 19.1 Å². The number of rotatable bonds is 8. The third kappa shape index (κ3) is 6.57. The van der Waals surface area contributed by atoms with E-state index in [1.165, 1.54) is 43.8 Å². The zero-order valence-electron chi connectivity index (χ0n) is 30.2. The average molecular weight is 720 g/mol. The molecule has 1 unspecified atom stereocenters. The van der Waals surface area contributed by atoms with E-state index >= 15 is 0 Å². The van der Waals surface area contributed by atoms with Gasteiger partial charge >= 0.3 is 16.2 Å². The first-order valence-corrected chi connectivity index (χ1v) is 19.4. The van der Waals surface area contributed by atoms with Gasteiger partial charge in [-0.1, -0.05) is 37.5 Å². The summed E-state index contributed by atoms with van der Waals surface area (Å²) in [5.74, 6) is 0.0478. The molecular formula is C37H49N7O6S. The SMILES string of the molecule is COc1ccc(C2CCCCC2)c2c1cc1n2CC2=C(C(=O)NS(=O)(=O)N(C)C)C2=C2C=CC[C@@H](NC(=O)N(C)CC(=O)N3CCN(C)CC3)C21. The highest BCUT2D eigenvalue weighted by molar-refractivity contribution is 7.87. The van der Waals surface area contributed by atoms with E-state index in [-0.39, 0.29) is 24.4 Å². The summed E-state index contributed by atoms with van der Waals surface area (Å²) in [6, 6.07) is 5.64. The molecule has 1 saturated heterocycles. The van der Waals surface area contributed by atoms with Gasteiger partial charge in [0, 0.05) is 76.9 Å². The van der Waals surface area contributed by atoms with Crippen LogP contribution in [0.3, 0.4) is 0 Å². The van der Waals surface area contributed by atoms with Gasteiger partial charge in [-0.15, -0.1) is 0 Å². The highest BCUT2D eigenvalue weighted by atomic mass is 32.2. The Morgan fingerprint density at radius 2 is 1.75 bits per heavy atom. The van der Waals surface area contributed by atoms with Crippen LogP contribution in [-0.4, -0.2) is 124 Å². The van der Waals surface area contributed by atoms with Gasteiger partial charge in [0.1, 0.15) is 12.3 Å². The zero-order chi connectivity index (χ0) is 36.2. The lowest BCUT2D eigenvalue weighted by atomic mass is 9.81. The summed E-state index contributed by atoms with van der Waals surface area (Å²) in [6.45, 7) is 3.22. The van der Waals surface area contributed by atoms with Crippen LogP contribution in [-0.2, 0) is 26.3 Å². The smallest absolute Gasteiger partial charge is 0.317 e. The summed E-state index contributed by atoms with van der Waals surface area (Å²) in [5, 5.41) is 4.23. The minimum absolute atomic E-state index is 0.0324. The molecule has 2 aromatic rings. The van der Waals surface area contributed by atoms with E-state index in [9.17, 15) is 22.8 Å². The van der Waals surface area contributed by atoms with E-state index in [2.05, 4.69) is 31.6 Å². The van der Waals surface area contributed by atoms with Crippen LogP contribution < -0.4 is 14.8 Å². The summed E-state index contributed by atoms with van der Waals surface area (Å²) >= 11 is 0. The monoisotopic (exact) mass is 719 g/mol. The van der Waals surface area contributed by atoms with Crippen LogP contribution in [0.5, 0.6) is 5.75 Å². The lowest BCUT2D eigenvalue weighted by Gasteiger charge is -2.35. The standard InChI is InChI=1S/C37H49N7O6S/c1-40(2)51(48,49)39-36(46)34-27-21-44-29(20-26-30(50-5)15-14-24(35(26)44)23-10-7-6-8-11-23)33-25(32(27)34)12-9-13-28(33)38-37(47)42(4)22-31(45)43-18-16-41(3)17-19-43/h9,12,14-15,20,23,28,33H,6-8,10-11,13,16-19,21-22H2,1-5H3,(H,38,47)(H,39,46)/t28-,33?/m1/s1. The number of nitrogens with one attached hydrogen (secondary N) is 2. The second-order valence-electron chi connectivity index (χ2n) is 14.7. The quantitative estimate of drug-likeness (QED) is 0.428. The summed E-state index contributed by atoms with van der Waals surface area (Å²) in [4.78, 5) is 46.0. The molecule has 2 N–H and O–H groups in total. The number of nitrogens with zero attached hydrogens (tertiary/aromatic N) is 5. The summed E-state index contributed by atoms with van der Waals surface area (Å²) in [7, 11) is 4.08. The number of aromatic nitrogens is 1. The van der Waals surface area contributed by atoms with Crippen LogP contribution in [0.15, 0.2) is 52.6 Å². The van der Waals surface area contributed by atoms with E-state index < -0.39 is 22.2 Å². The molecule has 1 saturated carbocycles. The van der Waals surface area contributed by atoms with Gasteiger partial charge in [0.15, 0.2) is 0 Å². The molecule has 4 amide bonds. The lowest BCUT2D eigenvalue weighted by molar-refractivity contribution is -0.133. The Morgan fingerprint density at radius 1 is 1.02 bits per heavy atom. The topological polar surface area (TPSA) is 137 Å². The Kier molecular flexibility index (Phi) is 9.52. The van der Waals surface area contributed by atoms with Crippen molar-refractivity contribution in [2.75, 3.05) is 68.0 Å². The maximum absolute atomic E-state index is 13.8. The third-order valence-electron chi connectivity index (χ3n) is 11.3. The first-order valence-electron chi connectivity index (χ1n) is 18.0. The summed E-state index contributed by atoms with van der Waals surface area (Å²) < 4.78 is 36.8. The molecule has 7 rings (SSSR count). The predicted molar refractivity (Wildman–Crippen MR) is 195 cm³/mol. The van der Waals surface area contributed by atoms with Crippen molar-refractivity contribution in [1.29, 1.82) is 0 Å². The number of benzene rings is 1. The minimum atomic E-state index is -4.02. The van der Waals surface area contributed by atoms with Crippen molar-refractivity contribution in [1.82, 2.24) is 33.6 Å². The number of allylic oxidation sites excluding steroid dienone is 2. The summed E-state index contributed by atoms with van der Waals surface area (Å²) in [5.41, 5.74) is 6.09. The Labute approximate surface area is 300 Å². The summed E-state index contributed by atoms with van der Waals surface area (Å²) in [6.07, 6.45) is 10.3. The molecule has 2 atom stereocenters. The molecular weight excluding hydrogens is 671 g/mol. The Morgan fingerprint density at radius 3 is 2.43 bits per heavy atom. The molecule has 5 aliphatic rings. The maximum atomic E-state index is 13.8. The van der Waals surface area contributed by atoms with Crippen LogP contribution in [0.1, 0.15) is 61.6 Å². The third-order valence-corrected chi connectivity index (χ3v) is 12.7. The van der Waals surface area contributed by atoms with Gasteiger partial charge in [0.25, 0.3) is 5.91 Å². The molecule has 0 spiro atoms. The lowest BCUT2D eigenvalue weighted by Crippen LogP contribution is -2.52. The fourth-order valence-electron chi connectivity index (χ4n) is 8.37. The minimum Gasteiger partial charge on any atom is -0.496 e. The molecule has 51 heavy (non-hydrogen) atoms. The van der Waals surface area contributed by atoms with Gasteiger partial charge in [0.05, 0.1) is 18.2 Å². The number of hydrogen-bond donors (Lipinski definition) is 2. The molecule has 2 fully saturated rings. The molecule has 2 aliphatic heterocycles. The number of carbonyl (C=O) groups is 3. The number of ether oxygens (including phenoxy) is 1. The molecule has 274 valence electrons. The molecule has 1 aromatic heterocycles. The molecule has 0 radical (unpaired) electrons. The number of piperazine rings is 1. The molecule has 3 heterocycles. The van der Waals surface area contributed by atoms with E-state index in [0.29, 0.717) is 37.5 Å². The van der Waals surface area contributed by atoms with Crippen molar-refractivity contribution in [3.63, 3.8) is 0 Å². The van der Waals surface area contributed by atoms with Crippen LogP contribution in [0, 0.1) is 0 Å². The first-order chi connectivity index (χ1) is 24.4. The number of amides is 4. The molecule has 14 heteroatoms. The van der Waals surface area contributed by atoms with Gasteiger partial charge in [-0.25, -0.2) is 9.52 Å². The molecule has 13 nitrogen and oxygen atoms in total. The fraction of sp³-hybridized carbons (Fsp3) is 0.541. The average Bonchev–Trinajstić information content (AvgIpc) is 3.74. The van der Waals surface area contributed by atoms with Gasteiger partial charge in [-0.3, -0.25) is 9.59 Å². The number of urea groups is 1. The van der Waals surface area contributed by atoms with Crippen molar-refractivity contribution < 1.29 is 27.5 Å². The Bertz CT molecular complexity index is 1960. The largest absolute Gasteiger partial charge is 0.496 e. The normalized spacial score (nSPS) is 22.4. The van der Waals surface area contributed by atoms with E-state index in [0.717, 1.165) is 69.3 Å². The Hall–Kier alpha value is -4.14. The van der Waals surface area contributed by atoms with Crippen LogP contribution in [0.2, 0.25) is 0 Å². The Balaban J connectivity index is 1.28. The fourth-order valence-corrected chi connectivity index (χ4v) is 8.89. The molecule has 0 bridgehead atoms. The van der Waals surface area contributed by atoms with Crippen molar-refractivity contribution in [3.05, 3.63) is 63.9 Å². The number of likely N-dealkylation sites (N-methyl/N-ethyl adjacent to an activating group) is 2. The van der Waals surface area contributed by atoms with Gasteiger partial charge in [-0.05, 0) is 66.6 Å². The number of carbonyl (C=O) groups excluding carboxylic acids is 3. The van der Waals surface area contributed by atoms with Gasteiger partial charge in [-0.2, -0.15) is 12.7 Å². The van der Waals surface area contributed by atoms with Crippen molar-refractivity contribution >= 4 is 39.0 Å². The second kappa shape index (κ2) is 13.8. The van der Waals surface area contributed by atoms with Gasteiger partial charge < -0.3 is 29.3 Å². The molecule has 1 aromatic carbocycles. The van der Waals surface area contributed by atoms with Crippen LogP contribution >= 0.6 is 0 Å². The highest BCUT2D eigenvalue weighted by Crippen LogP contribution is 2.54. The number of fused-ring (bicyclic) bond motifs is 6. The predicted octanol–water partition coefficient (Wildman–Crippen LogP) is 3.07. The van der Waals surface area contributed by atoms with Crippen molar-refractivity contribution in [2.24, 2.45) is 0 Å². The highest BCUT2D eigenvalue weighted by Gasteiger charge is 2.47. The van der Waals surface area contributed by atoms with Gasteiger partial charge in [0.2, 0.25) is 5.91 Å². The second-order valence-corrected chi connectivity index (χ2v) is 16.6. The van der Waals surface area contributed by atoms with E-state index in [4.69, 9.17) is 4.74 Å². The molecule has 3 aliphatic carbocycles. The zero-order valence-corrected chi connectivity index (χ0v) is 31.0. The number of hydrogen-bond acceptors (Lipinski definition) is 7.